The number of benzene rings is 1. The van der Waals surface area contributed by atoms with Crippen LogP contribution in [0.5, 0.6) is 0 Å². The monoisotopic (exact) mass is 369 g/mol. The summed E-state index contributed by atoms with van der Waals surface area (Å²) in [7, 11) is 0. The average Bonchev–Trinajstić information content (AvgIpc) is 2.84. The minimum absolute atomic E-state index is 0.0852. The van der Waals surface area contributed by atoms with E-state index in [1.54, 1.807) is 6.07 Å². The highest BCUT2D eigenvalue weighted by atomic mass is 79.9. The molecule has 1 aromatic rings. The second-order valence-corrected chi connectivity index (χ2v) is 6.20. The zero-order valence-corrected chi connectivity index (χ0v) is 12.3. The first-order valence-corrected chi connectivity index (χ1v) is 7.15. The van der Waals surface area contributed by atoms with Gasteiger partial charge in [-0.25, -0.2) is 4.39 Å². The Morgan fingerprint density at radius 1 is 1.33 bits per heavy atom. The molecule has 0 radical (unpaired) electrons. The van der Waals surface area contributed by atoms with Gasteiger partial charge in [-0.15, -0.1) is 0 Å². The molecule has 3 atom stereocenters. The number of hydrogen-bond donors (Lipinski definition) is 1. The van der Waals surface area contributed by atoms with Crippen molar-refractivity contribution in [1.29, 1.82) is 0 Å². The van der Waals surface area contributed by atoms with E-state index in [9.17, 15) is 17.6 Å². The Bertz CT molecular complexity index is 553. The molecule has 0 aliphatic carbocycles. The van der Waals surface area contributed by atoms with E-state index < -0.39 is 29.6 Å². The first-order chi connectivity index (χ1) is 9.83. The summed E-state index contributed by atoms with van der Waals surface area (Å²) in [6, 6.07) is 4.34. The van der Waals surface area contributed by atoms with Gasteiger partial charge in [0.1, 0.15) is 5.82 Å². The van der Waals surface area contributed by atoms with Crippen molar-refractivity contribution >= 4 is 15.9 Å². The Morgan fingerprint density at radius 3 is 2.81 bits per heavy atom. The van der Waals surface area contributed by atoms with Crippen LogP contribution in [0.3, 0.4) is 0 Å². The summed E-state index contributed by atoms with van der Waals surface area (Å²) in [6.07, 6.45) is -6.53. The van der Waals surface area contributed by atoms with Crippen molar-refractivity contribution in [3.05, 3.63) is 34.1 Å². The van der Waals surface area contributed by atoms with Crippen LogP contribution < -0.4 is 5.48 Å². The molecule has 2 heterocycles. The maximum absolute atomic E-state index is 14.1. The molecule has 2 fully saturated rings. The zero-order valence-electron chi connectivity index (χ0n) is 10.7. The van der Waals surface area contributed by atoms with Gasteiger partial charge in [0.25, 0.3) is 0 Å². The number of hydroxylamine groups is 1. The largest absolute Gasteiger partial charge is 0.414 e. The molecule has 0 saturated carbocycles. The lowest BCUT2D eigenvalue weighted by Crippen LogP contribution is -2.54. The smallest absolute Gasteiger partial charge is 0.366 e. The molecule has 2 aliphatic rings. The molecule has 8 heteroatoms. The highest BCUT2D eigenvalue weighted by molar-refractivity contribution is 9.10. The molecular weight excluding hydrogens is 358 g/mol. The van der Waals surface area contributed by atoms with Crippen molar-refractivity contribution in [2.75, 3.05) is 13.2 Å². The Morgan fingerprint density at radius 2 is 2.10 bits per heavy atom. The van der Waals surface area contributed by atoms with Crippen molar-refractivity contribution in [2.45, 2.75) is 24.2 Å². The lowest BCUT2D eigenvalue weighted by atomic mass is 9.75. The van der Waals surface area contributed by atoms with E-state index >= 15 is 0 Å². The minimum atomic E-state index is -4.43. The summed E-state index contributed by atoms with van der Waals surface area (Å²) in [5, 5.41) is 0. The number of fused-ring (bicyclic) bond motifs is 1. The van der Waals surface area contributed by atoms with Gasteiger partial charge in [-0.2, -0.15) is 18.7 Å². The standard InChI is InChI=1S/C13H12BrF4NO2/c14-8-1-2-10(15)9(4-8)12-6-20-11(13(16,17)18)3-7(12)5-21-19-12/h1-2,4,7,11,19H,3,5-6H2/t7?,11-,12+/m1/s1. The Labute approximate surface area is 126 Å². The van der Waals surface area contributed by atoms with Gasteiger partial charge in [0.2, 0.25) is 0 Å². The molecule has 1 N–H and O–H groups in total. The summed E-state index contributed by atoms with van der Waals surface area (Å²) in [5.74, 6) is -1.02. The molecule has 1 unspecified atom stereocenters. The topological polar surface area (TPSA) is 30.5 Å². The third-order valence-electron chi connectivity index (χ3n) is 4.02. The van der Waals surface area contributed by atoms with Crippen molar-refractivity contribution in [3.8, 4) is 0 Å². The molecule has 2 aliphatic heterocycles. The zero-order chi connectivity index (χ0) is 15.3. The van der Waals surface area contributed by atoms with E-state index in [1.807, 2.05) is 0 Å². The molecule has 0 aromatic heterocycles. The van der Waals surface area contributed by atoms with Gasteiger partial charge in [0.05, 0.1) is 18.8 Å². The molecule has 116 valence electrons. The van der Waals surface area contributed by atoms with E-state index in [0.29, 0.717) is 4.47 Å². The van der Waals surface area contributed by atoms with E-state index in [2.05, 4.69) is 21.4 Å². The van der Waals surface area contributed by atoms with Crippen LogP contribution in [-0.4, -0.2) is 25.5 Å². The molecule has 0 spiro atoms. The molecule has 3 nitrogen and oxygen atoms in total. The van der Waals surface area contributed by atoms with Crippen LogP contribution in [0.1, 0.15) is 12.0 Å². The van der Waals surface area contributed by atoms with Crippen LogP contribution >= 0.6 is 15.9 Å². The maximum atomic E-state index is 14.1. The second kappa shape index (κ2) is 5.19. The Balaban J connectivity index is 1.96. The third kappa shape index (κ3) is 2.58. The fourth-order valence-corrected chi connectivity index (χ4v) is 3.25. The number of rotatable bonds is 1. The number of hydrogen-bond acceptors (Lipinski definition) is 3. The minimum Gasteiger partial charge on any atom is -0.366 e. The van der Waals surface area contributed by atoms with Gasteiger partial charge >= 0.3 is 6.18 Å². The summed E-state index contributed by atoms with van der Waals surface area (Å²) < 4.78 is 58.1. The van der Waals surface area contributed by atoms with Crippen LogP contribution in [-0.2, 0) is 15.1 Å². The molecule has 1 aromatic carbocycles. The highest BCUT2D eigenvalue weighted by Crippen LogP contribution is 2.45. The normalized spacial score (nSPS) is 33.0. The van der Waals surface area contributed by atoms with Crippen LogP contribution in [0.4, 0.5) is 17.6 Å². The van der Waals surface area contributed by atoms with Crippen LogP contribution in [0.15, 0.2) is 22.7 Å². The second-order valence-electron chi connectivity index (χ2n) is 5.28. The molecular formula is C13H12BrF4NO2. The van der Waals surface area contributed by atoms with E-state index in [-0.39, 0.29) is 25.2 Å². The van der Waals surface area contributed by atoms with Crippen LogP contribution in [0.2, 0.25) is 0 Å². The maximum Gasteiger partial charge on any atom is 0.414 e. The molecule has 0 bridgehead atoms. The summed E-state index contributed by atoms with van der Waals surface area (Å²) >= 11 is 3.24. The van der Waals surface area contributed by atoms with Gasteiger partial charge in [-0.1, -0.05) is 15.9 Å². The van der Waals surface area contributed by atoms with Crippen molar-refractivity contribution < 1.29 is 27.1 Å². The third-order valence-corrected chi connectivity index (χ3v) is 4.51. The highest BCUT2D eigenvalue weighted by Gasteiger charge is 2.56. The van der Waals surface area contributed by atoms with Gasteiger partial charge in [-0.05, 0) is 24.6 Å². The lowest BCUT2D eigenvalue weighted by Gasteiger charge is -2.41. The van der Waals surface area contributed by atoms with Gasteiger partial charge in [0, 0.05) is 16.0 Å². The molecule has 2 saturated heterocycles. The number of alkyl halides is 3. The van der Waals surface area contributed by atoms with Gasteiger partial charge in [-0.3, -0.25) is 0 Å². The summed E-state index contributed by atoms with van der Waals surface area (Å²) in [6.45, 7) is -0.211. The molecule has 3 rings (SSSR count). The fraction of sp³-hybridized carbons (Fsp3) is 0.538. The van der Waals surface area contributed by atoms with Crippen LogP contribution in [0, 0.1) is 11.7 Å². The average molecular weight is 370 g/mol. The van der Waals surface area contributed by atoms with Crippen LogP contribution in [0.25, 0.3) is 0 Å². The van der Waals surface area contributed by atoms with Gasteiger partial charge < -0.3 is 9.57 Å². The quantitative estimate of drug-likeness (QED) is 0.770. The van der Waals surface area contributed by atoms with Crippen molar-refractivity contribution in [3.63, 3.8) is 0 Å². The predicted molar refractivity (Wildman–Crippen MR) is 68.8 cm³/mol. The first-order valence-electron chi connectivity index (χ1n) is 6.36. The van der Waals surface area contributed by atoms with E-state index in [4.69, 9.17) is 9.57 Å². The molecule has 0 amide bonds. The Kier molecular flexibility index (Phi) is 3.76. The van der Waals surface area contributed by atoms with E-state index in [1.165, 1.54) is 12.1 Å². The molecule has 21 heavy (non-hydrogen) atoms. The predicted octanol–water partition coefficient (Wildman–Crippen LogP) is 3.29. The summed E-state index contributed by atoms with van der Waals surface area (Å²) in [4.78, 5) is 5.13. The fourth-order valence-electron chi connectivity index (χ4n) is 2.89. The number of ether oxygens (including phenoxy) is 1. The van der Waals surface area contributed by atoms with Gasteiger partial charge in [0.15, 0.2) is 6.10 Å². The van der Waals surface area contributed by atoms with Crippen molar-refractivity contribution in [2.24, 2.45) is 5.92 Å². The van der Waals surface area contributed by atoms with Crippen molar-refractivity contribution in [1.82, 2.24) is 5.48 Å². The number of nitrogens with one attached hydrogen (secondary N) is 1. The number of halogens is 5. The first kappa shape index (κ1) is 15.2. The van der Waals surface area contributed by atoms with E-state index in [0.717, 1.165) is 0 Å². The Hall–Kier alpha value is -0.700. The summed E-state index contributed by atoms with van der Waals surface area (Å²) in [5.41, 5.74) is 1.84. The SMILES string of the molecule is Fc1ccc(Br)cc1[C@]12CO[C@@H](C(F)(F)F)CC1CON2. The lowest BCUT2D eigenvalue weighted by molar-refractivity contribution is -0.245.